The fraction of sp³-hybridized carbons (Fsp3) is 0.538. The van der Waals surface area contributed by atoms with Crippen LogP contribution >= 0.6 is 23.4 Å². The van der Waals surface area contributed by atoms with Crippen molar-refractivity contribution in [1.82, 2.24) is 5.32 Å². The van der Waals surface area contributed by atoms with Crippen LogP contribution in [0.25, 0.3) is 0 Å². The van der Waals surface area contributed by atoms with Crippen LogP contribution in [0.4, 0.5) is 0 Å². The Hall–Kier alpha value is -0.180. The highest BCUT2D eigenvalue weighted by Crippen LogP contribution is 2.38. The summed E-state index contributed by atoms with van der Waals surface area (Å²) < 4.78 is 0. The molecule has 2 rings (SSSR count). The maximum Gasteiger partial charge on any atom is 0.0319 e. The minimum Gasteiger partial charge on any atom is -0.316 e. The number of hydrogen-bond acceptors (Lipinski definition) is 2. The molecule has 1 aliphatic heterocycles. The van der Waals surface area contributed by atoms with E-state index in [1.807, 2.05) is 18.7 Å². The molecule has 16 heavy (non-hydrogen) atoms. The van der Waals surface area contributed by atoms with Crippen LogP contribution in [0.15, 0.2) is 29.2 Å². The number of hydrogen-bond donors (Lipinski definition) is 1. The molecule has 0 saturated heterocycles. The summed E-state index contributed by atoms with van der Waals surface area (Å²) in [5.41, 5.74) is 1.51. The first kappa shape index (κ1) is 12.3. The fourth-order valence-electron chi connectivity index (χ4n) is 1.98. The van der Waals surface area contributed by atoms with Gasteiger partial charge in [-0.3, -0.25) is 0 Å². The fourth-order valence-corrected chi connectivity index (χ4v) is 3.34. The molecular weight excluding hydrogens is 238 g/mol. The summed E-state index contributed by atoms with van der Waals surface area (Å²) in [6.45, 7) is 4.14. The SMILES string of the molecule is CC(Cl)CCNCC1CSc2ccccc21. The van der Waals surface area contributed by atoms with E-state index in [9.17, 15) is 0 Å². The second-order valence-corrected chi connectivity index (χ2v) is 6.13. The molecule has 88 valence electrons. The molecule has 0 fully saturated rings. The third-order valence-electron chi connectivity index (χ3n) is 2.91. The van der Waals surface area contributed by atoms with Crippen molar-refractivity contribution in [2.24, 2.45) is 0 Å². The summed E-state index contributed by atoms with van der Waals surface area (Å²) in [6, 6.07) is 8.74. The zero-order chi connectivity index (χ0) is 11.4. The first-order chi connectivity index (χ1) is 7.77. The van der Waals surface area contributed by atoms with Gasteiger partial charge in [0.15, 0.2) is 0 Å². The zero-order valence-electron chi connectivity index (χ0n) is 9.58. The van der Waals surface area contributed by atoms with Crippen LogP contribution in [0.2, 0.25) is 0 Å². The van der Waals surface area contributed by atoms with Gasteiger partial charge >= 0.3 is 0 Å². The quantitative estimate of drug-likeness (QED) is 0.639. The third kappa shape index (κ3) is 3.16. The molecule has 2 unspecified atom stereocenters. The van der Waals surface area contributed by atoms with Crippen molar-refractivity contribution in [2.75, 3.05) is 18.8 Å². The molecule has 1 aromatic rings. The molecule has 0 radical (unpaired) electrons. The van der Waals surface area contributed by atoms with Crippen molar-refractivity contribution in [2.45, 2.75) is 29.5 Å². The van der Waals surface area contributed by atoms with Crippen molar-refractivity contribution < 1.29 is 0 Å². The van der Waals surface area contributed by atoms with E-state index in [1.54, 1.807) is 0 Å². The monoisotopic (exact) mass is 255 g/mol. The standard InChI is InChI=1S/C13H18ClNS/c1-10(14)6-7-15-8-11-9-16-13-5-3-2-4-12(11)13/h2-5,10-11,15H,6-9H2,1H3. The van der Waals surface area contributed by atoms with Gasteiger partial charge in [0.2, 0.25) is 0 Å². The van der Waals surface area contributed by atoms with Gasteiger partial charge in [0, 0.05) is 28.5 Å². The molecule has 0 bridgehead atoms. The summed E-state index contributed by atoms with van der Waals surface area (Å²) in [7, 11) is 0. The van der Waals surface area contributed by atoms with E-state index in [-0.39, 0.29) is 5.38 Å². The molecule has 1 nitrogen and oxygen atoms in total. The van der Waals surface area contributed by atoms with Gasteiger partial charge in [-0.25, -0.2) is 0 Å². The maximum atomic E-state index is 5.91. The average molecular weight is 256 g/mol. The third-order valence-corrected chi connectivity index (χ3v) is 4.38. The Morgan fingerprint density at radius 1 is 1.50 bits per heavy atom. The molecule has 0 saturated carbocycles. The topological polar surface area (TPSA) is 12.0 Å². The zero-order valence-corrected chi connectivity index (χ0v) is 11.2. The smallest absolute Gasteiger partial charge is 0.0319 e. The number of alkyl halides is 1. The van der Waals surface area contributed by atoms with Gasteiger partial charge in [-0.1, -0.05) is 18.2 Å². The Bertz CT molecular complexity index is 340. The lowest BCUT2D eigenvalue weighted by molar-refractivity contribution is 0.598. The van der Waals surface area contributed by atoms with Crippen LogP contribution in [-0.2, 0) is 0 Å². The van der Waals surface area contributed by atoms with E-state index in [0.29, 0.717) is 5.92 Å². The van der Waals surface area contributed by atoms with E-state index in [2.05, 4.69) is 29.6 Å². The lowest BCUT2D eigenvalue weighted by Gasteiger charge is -2.12. The number of rotatable bonds is 5. The first-order valence-corrected chi connectivity index (χ1v) is 7.26. The summed E-state index contributed by atoms with van der Waals surface area (Å²) in [4.78, 5) is 1.46. The van der Waals surface area contributed by atoms with Gasteiger partial charge in [0.05, 0.1) is 0 Å². The molecule has 0 spiro atoms. The summed E-state index contributed by atoms with van der Waals surface area (Å²) in [5, 5.41) is 3.78. The number of benzene rings is 1. The number of fused-ring (bicyclic) bond motifs is 1. The van der Waals surface area contributed by atoms with E-state index in [0.717, 1.165) is 19.5 Å². The second kappa shape index (κ2) is 5.95. The molecular formula is C13H18ClNS. The van der Waals surface area contributed by atoms with Gasteiger partial charge in [0.25, 0.3) is 0 Å². The van der Waals surface area contributed by atoms with Gasteiger partial charge in [-0.15, -0.1) is 23.4 Å². The molecule has 0 amide bonds. The molecule has 0 aliphatic carbocycles. The summed E-state index contributed by atoms with van der Waals surface area (Å²) in [5.74, 6) is 1.88. The molecule has 2 atom stereocenters. The summed E-state index contributed by atoms with van der Waals surface area (Å²) >= 11 is 7.88. The normalized spacial score (nSPS) is 20.8. The van der Waals surface area contributed by atoms with Crippen LogP contribution in [0, 0.1) is 0 Å². The van der Waals surface area contributed by atoms with Crippen molar-refractivity contribution in [1.29, 1.82) is 0 Å². The largest absolute Gasteiger partial charge is 0.316 e. The van der Waals surface area contributed by atoms with E-state index >= 15 is 0 Å². The highest BCUT2D eigenvalue weighted by Gasteiger charge is 2.21. The predicted octanol–water partition coefficient (Wildman–Crippen LogP) is 3.48. The minimum atomic E-state index is 0.276. The van der Waals surface area contributed by atoms with Crippen LogP contribution in [-0.4, -0.2) is 24.2 Å². The van der Waals surface area contributed by atoms with Crippen molar-refractivity contribution in [3.05, 3.63) is 29.8 Å². The maximum absolute atomic E-state index is 5.91. The van der Waals surface area contributed by atoms with E-state index in [4.69, 9.17) is 11.6 Å². The Kier molecular flexibility index (Phi) is 4.56. The van der Waals surface area contributed by atoms with Gasteiger partial charge < -0.3 is 5.32 Å². The molecule has 1 aliphatic rings. The molecule has 0 aromatic heterocycles. The summed E-state index contributed by atoms with van der Waals surface area (Å²) in [6.07, 6.45) is 1.04. The Labute approximate surface area is 107 Å². The molecule has 1 N–H and O–H groups in total. The van der Waals surface area contributed by atoms with Crippen LogP contribution in [0.1, 0.15) is 24.8 Å². The van der Waals surface area contributed by atoms with E-state index in [1.165, 1.54) is 16.2 Å². The van der Waals surface area contributed by atoms with Crippen LogP contribution in [0.5, 0.6) is 0 Å². The number of halogens is 1. The molecule has 1 aromatic carbocycles. The van der Waals surface area contributed by atoms with Gasteiger partial charge in [-0.05, 0) is 31.5 Å². The lowest BCUT2D eigenvalue weighted by Crippen LogP contribution is -2.23. The molecule has 3 heteroatoms. The predicted molar refractivity (Wildman–Crippen MR) is 72.7 cm³/mol. The highest BCUT2D eigenvalue weighted by molar-refractivity contribution is 7.99. The Morgan fingerprint density at radius 2 is 2.31 bits per heavy atom. The molecule has 1 heterocycles. The minimum absolute atomic E-state index is 0.276. The Balaban J connectivity index is 1.80. The first-order valence-electron chi connectivity index (χ1n) is 5.84. The highest BCUT2D eigenvalue weighted by atomic mass is 35.5. The van der Waals surface area contributed by atoms with Crippen LogP contribution < -0.4 is 5.32 Å². The van der Waals surface area contributed by atoms with Crippen molar-refractivity contribution in [3.63, 3.8) is 0 Å². The Morgan fingerprint density at radius 3 is 3.12 bits per heavy atom. The average Bonchev–Trinajstić information content (AvgIpc) is 2.68. The van der Waals surface area contributed by atoms with Gasteiger partial charge in [0.1, 0.15) is 0 Å². The number of thioether (sulfide) groups is 1. The number of nitrogens with one attached hydrogen (secondary N) is 1. The lowest BCUT2D eigenvalue weighted by atomic mass is 10.0. The van der Waals surface area contributed by atoms with Gasteiger partial charge in [-0.2, -0.15) is 0 Å². The second-order valence-electron chi connectivity index (χ2n) is 4.32. The van der Waals surface area contributed by atoms with E-state index < -0.39 is 0 Å². The van der Waals surface area contributed by atoms with Crippen LogP contribution in [0.3, 0.4) is 0 Å². The van der Waals surface area contributed by atoms with Crippen molar-refractivity contribution >= 4 is 23.4 Å². The van der Waals surface area contributed by atoms with Crippen molar-refractivity contribution in [3.8, 4) is 0 Å².